The van der Waals surface area contributed by atoms with Crippen LogP contribution < -0.4 is 5.32 Å². The zero-order chi connectivity index (χ0) is 15.7. The number of nitrogens with zero attached hydrogens (tertiary/aromatic N) is 1. The molecule has 0 bridgehead atoms. The van der Waals surface area contributed by atoms with Gasteiger partial charge in [-0.2, -0.15) is 0 Å². The fourth-order valence-corrected chi connectivity index (χ4v) is 2.27. The maximum atomic E-state index is 12.0. The van der Waals surface area contributed by atoms with Crippen molar-refractivity contribution in [1.29, 1.82) is 0 Å². The van der Waals surface area contributed by atoms with E-state index in [1.165, 1.54) is 0 Å². The zero-order valence-corrected chi connectivity index (χ0v) is 14.1. The van der Waals surface area contributed by atoms with Crippen molar-refractivity contribution in [3.63, 3.8) is 0 Å². The van der Waals surface area contributed by atoms with Gasteiger partial charge in [-0.3, -0.25) is 14.5 Å². The van der Waals surface area contributed by atoms with Crippen molar-refractivity contribution in [2.45, 2.75) is 6.92 Å². The van der Waals surface area contributed by atoms with E-state index in [1.807, 2.05) is 24.3 Å². The number of hydrogen-bond acceptors (Lipinski definition) is 4. The van der Waals surface area contributed by atoms with Crippen LogP contribution in [0, 0.1) is 3.57 Å². The number of ether oxygens (including phenoxy) is 1. The number of benzene rings is 1. The monoisotopic (exact) mass is 402 g/mol. The van der Waals surface area contributed by atoms with E-state index in [1.54, 1.807) is 17.9 Å². The molecule has 6 heteroatoms. The molecule has 1 aromatic carbocycles. The van der Waals surface area contributed by atoms with Gasteiger partial charge in [-0.1, -0.05) is 12.1 Å². The topological polar surface area (TPSA) is 58.6 Å². The van der Waals surface area contributed by atoms with E-state index in [9.17, 15) is 9.59 Å². The Morgan fingerprint density at radius 2 is 2.19 bits per heavy atom. The molecule has 0 fully saturated rings. The summed E-state index contributed by atoms with van der Waals surface area (Å²) in [5.74, 6) is -0.524. The van der Waals surface area contributed by atoms with E-state index in [-0.39, 0.29) is 25.0 Å². The molecule has 21 heavy (non-hydrogen) atoms. The van der Waals surface area contributed by atoms with Crippen LogP contribution in [-0.2, 0) is 14.3 Å². The molecule has 0 atom stereocenters. The van der Waals surface area contributed by atoms with Crippen LogP contribution in [0.2, 0.25) is 0 Å². The van der Waals surface area contributed by atoms with Crippen molar-refractivity contribution >= 4 is 40.2 Å². The predicted molar refractivity (Wildman–Crippen MR) is 91.1 cm³/mol. The molecule has 0 radical (unpaired) electrons. The van der Waals surface area contributed by atoms with Crippen molar-refractivity contribution in [1.82, 2.24) is 4.90 Å². The van der Waals surface area contributed by atoms with Gasteiger partial charge in [0, 0.05) is 15.8 Å². The van der Waals surface area contributed by atoms with Crippen LogP contribution in [0.15, 0.2) is 36.9 Å². The summed E-state index contributed by atoms with van der Waals surface area (Å²) in [6.07, 6.45) is 1.65. The Kier molecular flexibility index (Phi) is 7.99. The number of anilines is 1. The van der Waals surface area contributed by atoms with Gasteiger partial charge in [0.05, 0.1) is 19.7 Å². The first-order valence-corrected chi connectivity index (χ1v) is 7.67. The molecule has 0 unspecified atom stereocenters. The van der Waals surface area contributed by atoms with E-state index in [0.29, 0.717) is 13.2 Å². The van der Waals surface area contributed by atoms with Crippen molar-refractivity contribution < 1.29 is 14.3 Å². The Balaban J connectivity index is 2.55. The lowest BCUT2D eigenvalue weighted by molar-refractivity contribution is -0.144. The summed E-state index contributed by atoms with van der Waals surface area (Å²) >= 11 is 2.18. The van der Waals surface area contributed by atoms with Crippen molar-refractivity contribution in [2.24, 2.45) is 0 Å². The van der Waals surface area contributed by atoms with E-state index in [0.717, 1.165) is 9.26 Å². The van der Waals surface area contributed by atoms with Gasteiger partial charge in [0.1, 0.15) is 0 Å². The molecule has 114 valence electrons. The highest BCUT2D eigenvalue weighted by atomic mass is 127. The average molecular weight is 402 g/mol. The molecular weight excluding hydrogens is 383 g/mol. The number of nitrogens with one attached hydrogen (secondary N) is 1. The molecule has 0 aliphatic rings. The Morgan fingerprint density at radius 3 is 2.81 bits per heavy atom. The Bertz CT molecular complexity index is 505. The number of amides is 1. The first-order valence-electron chi connectivity index (χ1n) is 6.59. The van der Waals surface area contributed by atoms with Gasteiger partial charge in [0.2, 0.25) is 5.91 Å². The lowest BCUT2D eigenvalue weighted by atomic mass is 10.3. The lowest BCUT2D eigenvalue weighted by Crippen LogP contribution is -2.37. The number of carbonyl (C=O) groups is 2. The van der Waals surface area contributed by atoms with Crippen LogP contribution in [0.5, 0.6) is 0 Å². The van der Waals surface area contributed by atoms with Crippen LogP contribution >= 0.6 is 22.6 Å². The molecule has 1 aromatic rings. The summed E-state index contributed by atoms with van der Waals surface area (Å²) in [7, 11) is 0. The van der Waals surface area contributed by atoms with Crippen LogP contribution in [0.1, 0.15) is 6.92 Å². The quantitative estimate of drug-likeness (QED) is 0.412. The van der Waals surface area contributed by atoms with Gasteiger partial charge < -0.3 is 10.1 Å². The minimum atomic E-state index is -0.346. The molecule has 0 saturated carbocycles. The first-order chi connectivity index (χ1) is 10.0. The largest absolute Gasteiger partial charge is 0.465 e. The minimum absolute atomic E-state index is 0.0691. The number of hydrogen-bond donors (Lipinski definition) is 1. The first kappa shape index (κ1) is 17.6. The van der Waals surface area contributed by atoms with Crippen molar-refractivity contribution in [3.05, 3.63) is 40.5 Å². The second-order valence-electron chi connectivity index (χ2n) is 4.32. The number of carbonyl (C=O) groups excluding carboxylic acids is 2. The predicted octanol–water partition coefficient (Wildman–Crippen LogP) is 2.28. The summed E-state index contributed by atoms with van der Waals surface area (Å²) < 4.78 is 5.93. The second-order valence-corrected chi connectivity index (χ2v) is 5.57. The van der Waals surface area contributed by atoms with Crippen LogP contribution in [0.4, 0.5) is 5.69 Å². The maximum Gasteiger partial charge on any atom is 0.320 e. The van der Waals surface area contributed by atoms with Gasteiger partial charge in [-0.25, -0.2) is 0 Å². The van der Waals surface area contributed by atoms with Gasteiger partial charge in [-0.15, -0.1) is 6.58 Å². The number of rotatable bonds is 8. The van der Waals surface area contributed by atoms with Crippen molar-refractivity contribution in [3.8, 4) is 0 Å². The fourth-order valence-electron chi connectivity index (χ4n) is 1.73. The van der Waals surface area contributed by atoms with E-state index in [2.05, 4.69) is 34.5 Å². The molecule has 0 spiro atoms. The standard InChI is InChI=1S/C15H19IN2O3/c1-3-8-18(11-15(20)21-4-2)10-14(19)17-13-7-5-6-12(16)9-13/h3,5-7,9H,1,4,8,10-11H2,2H3,(H,17,19). The van der Waals surface area contributed by atoms with Gasteiger partial charge >= 0.3 is 5.97 Å². The minimum Gasteiger partial charge on any atom is -0.465 e. The third-order valence-electron chi connectivity index (χ3n) is 2.52. The molecule has 0 aliphatic heterocycles. The third-order valence-corrected chi connectivity index (χ3v) is 3.19. The van der Waals surface area contributed by atoms with Crippen molar-refractivity contribution in [2.75, 3.05) is 31.6 Å². The van der Waals surface area contributed by atoms with Crippen LogP contribution in [0.25, 0.3) is 0 Å². The van der Waals surface area contributed by atoms with E-state index < -0.39 is 0 Å². The number of esters is 1. The molecule has 0 heterocycles. The summed E-state index contributed by atoms with van der Waals surface area (Å²) in [5, 5.41) is 2.81. The number of halogens is 1. The Labute approximate surface area is 138 Å². The summed E-state index contributed by atoms with van der Waals surface area (Å²) in [5.41, 5.74) is 0.738. The smallest absolute Gasteiger partial charge is 0.320 e. The highest BCUT2D eigenvalue weighted by Crippen LogP contribution is 2.12. The molecule has 1 rings (SSSR count). The molecule has 0 saturated heterocycles. The lowest BCUT2D eigenvalue weighted by Gasteiger charge is -2.19. The maximum absolute atomic E-state index is 12.0. The third kappa shape index (κ3) is 7.24. The molecule has 0 aromatic heterocycles. The molecule has 0 aliphatic carbocycles. The summed E-state index contributed by atoms with van der Waals surface area (Å²) in [6.45, 7) is 6.33. The summed E-state index contributed by atoms with van der Waals surface area (Å²) in [6, 6.07) is 7.52. The highest BCUT2D eigenvalue weighted by Gasteiger charge is 2.14. The highest BCUT2D eigenvalue weighted by molar-refractivity contribution is 14.1. The van der Waals surface area contributed by atoms with E-state index in [4.69, 9.17) is 4.74 Å². The molecule has 1 N–H and O–H groups in total. The SMILES string of the molecule is C=CCN(CC(=O)Nc1cccc(I)c1)CC(=O)OCC. The zero-order valence-electron chi connectivity index (χ0n) is 12.0. The summed E-state index contributed by atoms with van der Waals surface area (Å²) in [4.78, 5) is 25.2. The van der Waals surface area contributed by atoms with Gasteiger partial charge in [-0.05, 0) is 47.7 Å². The fraction of sp³-hybridized carbons (Fsp3) is 0.333. The average Bonchev–Trinajstić information content (AvgIpc) is 2.38. The van der Waals surface area contributed by atoms with Gasteiger partial charge in [0.25, 0.3) is 0 Å². The molecular formula is C15H19IN2O3. The molecule has 1 amide bonds. The van der Waals surface area contributed by atoms with Crippen LogP contribution in [0.3, 0.4) is 0 Å². The van der Waals surface area contributed by atoms with E-state index >= 15 is 0 Å². The normalized spacial score (nSPS) is 10.2. The Morgan fingerprint density at radius 1 is 1.43 bits per heavy atom. The van der Waals surface area contributed by atoms with Gasteiger partial charge in [0.15, 0.2) is 0 Å². The van der Waals surface area contributed by atoms with Crippen LogP contribution in [-0.4, -0.2) is 43.0 Å². The Hall–Kier alpha value is -1.41. The second kappa shape index (κ2) is 9.51. The molecule has 5 nitrogen and oxygen atoms in total.